The first-order valence-corrected chi connectivity index (χ1v) is 20.4. The summed E-state index contributed by atoms with van der Waals surface area (Å²) in [7, 11) is 1.14. The number of fused-ring (bicyclic) bond motifs is 5. The van der Waals surface area contributed by atoms with Gasteiger partial charge in [-0.2, -0.15) is 0 Å². The summed E-state index contributed by atoms with van der Waals surface area (Å²) in [5.74, 6) is -6.99. The minimum Gasteiger partial charge on any atom is -0.468 e. The van der Waals surface area contributed by atoms with Gasteiger partial charge < -0.3 is 44.3 Å². The number of nitrogens with one attached hydrogen (secondary N) is 1. The minimum atomic E-state index is -2.41. The standard InChI is InChI=1S/C47H51NO14/c1-25-30(61-42(55)35(51)34(27-16-10-7-11-17-27)48-40(53)28-18-12-8-13-19-28)23-47(57)39(62-41(54)29-20-14-9-15-21-29)37-45(5,31(50)22-32-46(37,24-59-32)43(56)58-6)38(52)36(60-26(2)49)33(25)44(47,3)4/h7-21,30-32,34-37,39,50-51,57H,22-24H2,1-6H3,(H,48,53)/t30-,31-,32+,34-,35+,36+,37?,39?,45+,46-,47+/m0/s1. The average molecular weight is 854 g/mol. The Hall–Kier alpha value is -5.74. The van der Waals surface area contributed by atoms with E-state index in [9.17, 15) is 39.3 Å². The maximum absolute atomic E-state index is 15.5. The van der Waals surface area contributed by atoms with Crippen LogP contribution in [-0.2, 0) is 42.9 Å². The van der Waals surface area contributed by atoms with Gasteiger partial charge in [0.1, 0.15) is 23.2 Å². The van der Waals surface area contributed by atoms with Gasteiger partial charge in [-0.1, -0.05) is 80.6 Å². The zero-order valence-corrected chi connectivity index (χ0v) is 35.2. The first-order chi connectivity index (χ1) is 29.3. The summed E-state index contributed by atoms with van der Waals surface area (Å²) < 4.78 is 29.5. The molecule has 15 nitrogen and oxygen atoms in total. The maximum Gasteiger partial charge on any atom is 0.338 e. The molecule has 1 aliphatic heterocycles. The Morgan fingerprint density at radius 2 is 1.44 bits per heavy atom. The van der Waals surface area contributed by atoms with E-state index >= 15 is 4.79 Å². The summed E-state index contributed by atoms with van der Waals surface area (Å²) in [5.41, 5.74) is -7.14. The van der Waals surface area contributed by atoms with Gasteiger partial charge in [0.05, 0.1) is 42.9 Å². The summed E-state index contributed by atoms with van der Waals surface area (Å²) in [6.45, 7) is 6.75. The Bertz CT molecular complexity index is 2280. The second-order valence-corrected chi connectivity index (χ2v) is 17.3. The van der Waals surface area contributed by atoms with E-state index in [1.54, 1.807) is 92.7 Å². The molecule has 4 N–H and O–H groups in total. The molecule has 0 radical (unpaired) electrons. The predicted octanol–water partition coefficient (Wildman–Crippen LogP) is 3.59. The van der Waals surface area contributed by atoms with Gasteiger partial charge in [0.2, 0.25) is 0 Å². The molecule has 3 aromatic rings. The molecule has 2 saturated carbocycles. The van der Waals surface area contributed by atoms with Crippen molar-refractivity contribution in [1.29, 1.82) is 0 Å². The molecule has 1 saturated heterocycles. The van der Waals surface area contributed by atoms with Crippen LogP contribution in [0.1, 0.15) is 79.8 Å². The van der Waals surface area contributed by atoms with Gasteiger partial charge in [0, 0.05) is 36.7 Å². The third-order valence-electron chi connectivity index (χ3n) is 13.8. The fraction of sp³-hybridized carbons (Fsp3) is 0.447. The van der Waals surface area contributed by atoms with Gasteiger partial charge in [-0.15, -0.1) is 0 Å². The molecule has 328 valence electrons. The quantitative estimate of drug-likeness (QED) is 0.130. The Labute approximate surface area is 358 Å². The number of hydrogen-bond acceptors (Lipinski definition) is 14. The molecule has 0 aromatic heterocycles. The van der Waals surface area contributed by atoms with E-state index in [1.165, 1.54) is 26.0 Å². The van der Waals surface area contributed by atoms with Gasteiger partial charge in [-0.25, -0.2) is 9.59 Å². The van der Waals surface area contributed by atoms with Crippen LogP contribution in [0.4, 0.5) is 0 Å². The molecular weight excluding hydrogens is 803 g/mol. The maximum atomic E-state index is 15.5. The number of benzene rings is 3. The molecule has 3 aromatic carbocycles. The normalized spacial score (nSPS) is 31.9. The number of rotatable bonds is 10. The fourth-order valence-corrected chi connectivity index (χ4v) is 10.3. The van der Waals surface area contributed by atoms with Crippen LogP contribution in [0.2, 0.25) is 0 Å². The summed E-state index contributed by atoms with van der Waals surface area (Å²) in [6.07, 6.45) is -10.7. The van der Waals surface area contributed by atoms with Crippen molar-refractivity contribution in [3.8, 4) is 0 Å². The zero-order chi connectivity index (χ0) is 44.9. The van der Waals surface area contributed by atoms with E-state index in [-0.39, 0.29) is 35.3 Å². The number of carbonyl (C=O) groups excluding carboxylic acids is 6. The van der Waals surface area contributed by atoms with Crippen molar-refractivity contribution in [3.63, 3.8) is 0 Å². The lowest BCUT2D eigenvalue weighted by molar-refractivity contribution is -0.313. The minimum absolute atomic E-state index is 0.0116. The molecule has 3 aliphatic carbocycles. The van der Waals surface area contributed by atoms with E-state index < -0.39 is 112 Å². The predicted molar refractivity (Wildman–Crippen MR) is 218 cm³/mol. The lowest BCUT2D eigenvalue weighted by Gasteiger charge is -2.67. The molecule has 1 heterocycles. The molecule has 4 aliphatic rings. The third kappa shape index (κ3) is 7.00. The number of Topliss-reactive ketones (excluding diaryl/α,β-unsaturated/α-hetero) is 1. The fourth-order valence-electron chi connectivity index (χ4n) is 10.3. The molecule has 1 amide bonds. The topological polar surface area (TPSA) is 221 Å². The average Bonchev–Trinajstić information content (AvgIpc) is 3.25. The number of hydrogen-bond donors (Lipinski definition) is 4. The van der Waals surface area contributed by atoms with E-state index in [0.29, 0.717) is 5.56 Å². The van der Waals surface area contributed by atoms with Crippen LogP contribution in [0.15, 0.2) is 102 Å². The van der Waals surface area contributed by atoms with Gasteiger partial charge in [0.25, 0.3) is 5.91 Å². The van der Waals surface area contributed by atoms with Crippen molar-refractivity contribution >= 4 is 35.6 Å². The van der Waals surface area contributed by atoms with Crippen LogP contribution in [-0.4, -0.2) is 107 Å². The number of esters is 4. The van der Waals surface area contributed by atoms with Crippen molar-refractivity contribution in [1.82, 2.24) is 5.32 Å². The summed E-state index contributed by atoms with van der Waals surface area (Å²) in [6, 6.07) is 22.9. The number of ketones is 1. The van der Waals surface area contributed by atoms with Gasteiger partial charge in [0.15, 0.2) is 18.0 Å². The Kier molecular flexibility index (Phi) is 11.8. The number of amides is 1. The highest BCUT2D eigenvalue weighted by Crippen LogP contribution is 2.66. The number of aliphatic hydroxyl groups is 3. The molecule has 11 atom stereocenters. The Morgan fingerprint density at radius 1 is 0.855 bits per heavy atom. The van der Waals surface area contributed by atoms with Crippen LogP contribution in [0.5, 0.6) is 0 Å². The largest absolute Gasteiger partial charge is 0.468 e. The lowest BCUT2D eigenvalue weighted by atomic mass is 9.42. The summed E-state index contributed by atoms with van der Waals surface area (Å²) in [5, 5.41) is 40.3. The Balaban J connectivity index is 1.39. The highest BCUT2D eigenvalue weighted by Gasteiger charge is 2.79. The van der Waals surface area contributed by atoms with Crippen LogP contribution >= 0.6 is 0 Å². The molecule has 2 bridgehead atoms. The lowest BCUT2D eigenvalue weighted by Crippen LogP contribution is -2.80. The highest BCUT2D eigenvalue weighted by atomic mass is 16.6. The third-order valence-corrected chi connectivity index (χ3v) is 13.8. The van der Waals surface area contributed by atoms with Crippen molar-refractivity contribution in [3.05, 3.63) is 119 Å². The van der Waals surface area contributed by atoms with Gasteiger partial charge >= 0.3 is 23.9 Å². The van der Waals surface area contributed by atoms with E-state index in [0.717, 1.165) is 14.0 Å². The second-order valence-electron chi connectivity index (χ2n) is 17.3. The molecule has 15 heteroatoms. The van der Waals surface area contributed by atoms with Crippen LogP contribution in [0.3, 0.4) is 0 Å². The second kappa shape index (κ2) is 16.5. The van der Waals surface area contributed by atoms with Crippen LogP contribution in [0, 0.1) is 22.2 Å². The number of aliphatic hydroxyl groups excluding tert-OH is 2. The van der Waals surface area contributed by atoms with Gasteiger partial charge in [-0.3, -0.25) is 19.2 Å². The molecular formula is C47H51NO14. The molecule has 7 rings (SSSR count). The molecule has 62 heavy (non-hydrogen) atoms. The smallest absolute Gasteiger partial charge is 0.338 e. The summed E-state index contributed by atoms with van der Waals surface area (Å²) in [4.78, 5) is 84.7. The van der Waals surface area contributed by atoms with Crippen molar-refractivity contribution < 1.29 is 67.8 Å². The number of ether oxygens (including phenoxy) is 5. The van der Waals surface area contributed by atoms with E-state index in [4.69, 9.17) is 23.7 Å². The first-order valence-electron chi connectivity index (χ1n) is 20.4. The molecule has 3 fully saturated rings. The molecule has 0 spiro atoms. The van der Waals surface area contributed by atoms with Crippen LogP contribution in [0.25, 0.3) is 0 Å². The zero-order valence-electron chi connectivity index (χ0n) is 35.2. The first kappa shape index (κ1) is 44.3. The SMILES string of the molecule is COC(=O)[C@@]12CO[C@@H]1C[C@H](O)[C@@]1(C)C(=O)[C@H](OC(C)=O)C3=C(C)[C@@H](OC(=O)[C@H](O)[C@@H](NC(=O)c4ccccc4)c4ccccc4)C[C@@](O)(C(OC(=O)c4ccccc4)C12)C3(C)C. The highest BCUT2D eigenvalue weighted by molar-refractivity contribution is 5.97. The monoisotopic (exact) mass is 853 g/mol. The molecule has 2 unspecified atom stereocenters. The van der Waals surface area contributed by atoms with Gasteiger partial charge in [-0.05, 0) is 54.8 Å². The number of carbonyl (C=O) groups is 6. The van der Waals surface area contributed by atoms with Crippen LogP contribution < -0.4 is 5.32 Å². The Morgan fingerprint density at radius 3 is 1.98 bits per heavy atom. The van der Waals surface area contributed by atoms with E-state index in [1.807, 2.05) is 0 Å². The van der Waals surface area contributed by atoms with Crippen molar-refractivity contribution in [2.24, 2.45) is 22.2 Å². The summed E-state index contributed by atoms with van der Waals surface area (Å²) >= 11 is 0. The van der Waals surface area contributed by atoms with Crippen molar-refractivity contribution in [2.45, 2.75) is 95.7 Å². The van der Waals surface area contributed by atoms with Crippen molar-refractivity contribution in [2.75, 3.05) is 13.7 Å². The number of methoxy groups -OCH3 is 1. The van der Waals surface area contributed by atoms with E-state index in [2.05, 4.69) is 5.32 Å².